The van der Waals surface area contributed by atoms with Crippen molar-refractivity contribution in [1.82, 2.24) is 5.32 Å². The van der Waals surface area contributed by atoms with E-state index in [4.69, 9.17) is 0 Å². The first-order chi connectivity index (χ1) is 9.63. The van der Waals surface area contributed by atoms with Crippen LogP contribution in [-0.2, 0) is 12.8 Å². The van der Waals surface area contributed by atoms with Crippen LogP contribution in [0.25, 0.3) is 0 Å². The van der Waals surface area contributed by atoms with Gasteiger partial charge in [-0.2, -0.15) is 0 Å². The molecule has 2 aromatic carbocycles. The molecular formula is C17H19F2N. The number of benzene rings is 2. The van der Waals surface area contributed by atoms with Crippen molar-refractivity contribution in [2.75, 3.05) is 6.54 Å². The number of rotatable bonds is 6. The zero-order valence-electron chi connectivity index (χ0n) is 11.6. The summed E-state index contributed by atoms with van der Waals surface area (Å²) in [6.07, 6.45) is 1.56. The molecule has 0 aromatic heterocycles. The molecule has 0 heterocycles. The smallest absolute Gasteiger partial charge is 0.123 e. The summed E-state index contributed by atoms with van der Waals surface area (Å²) in [5.41, 5.74) is 1.96. The molecule has 0 aliphatic rings. The molecule has 0 aliphatic heterocycles. The molecule has 1 nitrogen and oxygen atoms in total. The van der Waals surface area contributed by atoms with Crippen molar-refractivity contribution >= 4 is 0 Å². The molecular weight excluding hydrogens is 256 g/mol. The van der Waals surface area contributed by atoms with E-state index in [1.54, 1.807) is 24.3 Å². The highest BCUT2D eigenvalue weighted by molar-refractivity contribution is 5.18. The Balaban J connectivity index is 1.76. The fourth-order valence-corrected chi connectivity index (χ4v) is 2.25. The standard InChI is InChI=1S/C17H19F2N/c1-13(10-15-5-3-7-17(19)12-15)20-9-8-14-4-2-6-16(18)11-14/h2-7,11-13,20H,8-10H2,1H3. The Bertz CT molecular complexity index is 554. The molecule has 0 amide bonds. The maximum Gasteiger partial charge on any atom is 0.123 e. The van der Waals surface area contributed by atoms with E-state index in [2.05, 4.69) is 12.2 Å². The van der Waals surface area contributed by atoms with Crippen molar-refractivity contribution < 1.29 is 8.78 Å². The van der Waals surface area contributed by atoms with Crippen LogP contribution in [0.3, 0.4) is 0 Å². The first-order valence-electron chi connectivity index (χ1n) is 6.86. The molecule has 2 rings (SSSR count). The zero-order valence-corrected chi connectivity index (χ0v) is 11.6. The van der Waals surface area contributed by atoms with E-state index >= 15 is 0 Å². The molecule has 2 aromatic rings. The normalized spacial score (nSPS) is 12.3. The average molecular weight is 275 g/mol. The summed E-state index contributed by atoms with van der Waals surface area (Å²) in [5.74, 6) is -0.398. The molecule has 0 radical (unpaired) electrons. The predicted molar refractivity (Wildman–Crippen MR) is 77.7 cm³/mol. The second kappa shape index (κ2) is 7.15. The maximum atomic E-state index is 13.1. The third kappa shape index (κ3) is 4.74. The number of halogens is 2. The number of nitrogens with one attached hydrogen (secondary N) is 1. The van der Waals surface area contributed by atoms with E-state index in [-0.39, 0.29) is 17.7 Å². The Labute approximate surface area is 118 Å². The van der Waals surface area contributed by atoms with E-state index in [0.29, 0.717) is 0 Å². The van der Waals surface area contributed by atoms with Crippen molar-refractivity contribution in [3.63, 3.8) is 0 Å². The Kier molecular flexibility index (Phi) is 5.24. The van der Waals surface area contributed by atoms with Crippen molar-refractivity contribution in [2.45, 2.75) is 25.8 Å². The Morgan fingerprint density at radius 1 is 0.950 bits per heavy atom. The van der Waals surface area contributed by atoms with Gasteiger partial charge in [0, 0.05) is 6.04 Å². The summed E-state index contributed by atoms with van der Waals surface area (Å²) < 4.78 is 26.1. The third-order valence-corrected chi connectivity index (χ3v) is 3.23. The Morgan fingerprint density at radius 3 is 2.20 bits per heavy atom. The van der Waals surface area contributed by atoms with Crippen LogP contribution in [-0.4, -0.2) is 12.6 Å². The van der Waals surface area contributed by atoms with Gasteiger partial charge in [-0.15, -0.1) is 0 Å². The Morgan fingerprint density at radius 2 is 1.55 bits per heavy atom. The molecule has 1 atom stereocenters. The predicted octanol–water partition coefficient (Wildman–Crippen LogP) is 3.73. The van der Waals surface area contributed by atoms with E-state index in [9.17, 15) is 8.78 Å². The highest BCUT2D eigenvalue weighted by atomic mass is 19.1. The second-order valence-corrected chi connectivity index (χ2v) is 5.07. The van der Waals surface area contributed by atoms with E-state index in [1.165, 1.54) is 12.1 Å². The van der Waals surface area contributed by atoms with Crippen molar-refractivity contribution in [3.05, 3.63) is 71.3 Å². The van der Waals surface area contributed by atoms with Gasteiger partial charge in [0.15, 0.2) is 0 Å². The van der Waals surface area contributed by atoms with Crippen LogP contribution in [0.4, 0.5) is 8.78 Å². The number of hydrogen-bond acceptors (Lipinski definition) is 1. The van der Waals surface area contributed by atoms with Crippen molar-refractivity contribution in [1.29, 1.82) is 0 Å². The fourth-order valence-electron chi connectivity index (χ4n) is 2.25. The van der Waals surface area contributed by atoms with Gasteiger partial charge in [0.25, 0.3) is 0 Å². The minimum absolute atomic E-state index is 0.199. The molecule has 106 valence electrons. The number of hydrogen-bond donors (Lipinski definition) is 1. The summed E-state index contributed by atoms with van der Waals surface area (Å²) in [6.45, 7) is 2.84. The lowest BCUT2D eigenvalue weighted by atomic mass is 10.1. The molecule has 0 aliphatic carbocycles. The molecule has 1 N–H and O–H groups in total. The van der Waals surface area contributed by atoms with Crippen molar-refractivity contribution in [2.24, 2.45) is 0 Å². The summed E-state index contributed by atoms with van der Waals surface area (Å²) >= 11 is 0. The quantitative estimate of drug-likeness (QED) is 0.847. The molecule has 0 spiro atoms. The molecule has 1 unspecified atom stereocenters. The van der Waals surface area contributed by atoms with Crippen LogP contribution >= 0.6 is 0 Å². The minimum Gasteiger partial charge on any atom is -0.314 e. The maximum absolute atomic E-state index is 13.1. The van der Waals surface area contributed by atoms with Gasteiger partial charge >= 0.3 is 0 Å². The summed E-state index contributed by atoms with van der Waals surface area (Å²) in [7, 11) is 0. The topological polar surface area (TPSA) is 12.0 Å². The van der Waals surface area contributed by atoms with Crippen LogP contribution in [0.5, 0.6) is 0 Å². The first-order valence-corrected chi connectivity index (χ1v) is 6.86. The molecule has 0 saturated carbocycles. The third-order valence-electron chi connectivity index (χ3n) is 3.23. The van der Waals surface area contributed by atoms with Crippen LogP contribution < -0.4 is 5.32 Å². The molecule has 20 heavy (non-hydrogen) atoms. The Hall–Kier alpha value is -1.74. The summed E-state index contributed by atoms with van der Waals surface area (Å²) in [5, 5.41) is 3.37. The molecule has 3 heteroatoms. The average Bonchev–Trinajstić information content (AvgIpc) is 2.38. The lowest BCUT2D eigenvalue weighted by molar-refractivity contribution is 0.545. The van der Waals surface area contributed by atoms with Gasteiger partial charge in [0.2, 0.25) is 0 Å². The minimum atomic E-state index is -0.200. The van der Waals surface area contributed by atoms with Crippen LogP contribution in [0.15, 0.2) is 48.5 Å². The highest BCUT2D eigenvalue weighted by Gasteiger charge is 2.04. The molecule has 0 bridgehead atoms. The van der Waals surface area contributed by atoms with Gasteiger partial charge in [-0.05, 0) is 61.7 Å². The fraction of sp³-hybridized carbons (Fsp3) is 0.294. The van der Waals surface area contributed by atoms with E-state index in [1.807, 2.05) is 12.1 Å². The van der Waals surface area contributed by atoms with Gasteiger partial charge in [0.1, 0.15) is 11.6 Å². The molecule has 0 fully saturated rings. The molecule has 0 saturated heterocycles. The van der Waals surface area contributed by atoms with Crippen molar-refractivity contribution in [3.8, 4) is 0 Å². The SMILES string of the molecule is CC(Cc1cccc(F)c1)NCCc1cccc(F)c1. The van der Waals surface area contributed by atoms with Gasteiger partial charge < -0.3 is 5.32 Å². The van der Waals surface area contributed by atoms with Gasteiger partial charge in [-0.1, -0.05) is 24.3 Å². The second-order valence-electron chi connectivity index (χ2n) is 5.07. The summed E-state index contributed by atoms with van der Waals surface area (Å²) in [6, 6.07) is 13.6. The summed E-state index contributed by atoms with van der Waals surface area (Å²) in [4.78, 5) is 0. The largest absolute Gasteiger partial charge is 0.314 e. The van der Waals surface area contributed by atoms with Gasteiger partial charge in [-0.25, -0.2) is 8.78 Å². The van der Waals surface area contributed by atoms with E-state index < -0.39 is 0 Å². The van der Waals surface area contributed by atoms with Gasteiger partial charge in [0.05, 0.1) is 0 Å². The van der Waals surface area contributed by atoms with Crippen LogP contribution in [0, 0.1) is 11.6 Å². The lowest BCUT2D eigenvalue weighted by Crippen LogP contribution is -2.30. The monoisotopic (exact) mass is 275 g/mol. The zero-order chi connectivity index (χ0) is 14.4. The van der Waals surface area contributed by atoms with Crippen LogP contribution in [0.1, 0.15) is 18.1 Å². The van der Waals surface area contributed by atoms with Crippen LogP contribution in [0.2, 0.25) is 0 Å². The first kappa shape index (κ1) is 14.7. The lowest BCUT2D eigenvalue weighted by Gasteiger charge is -2.14. The van der Waals surface area contributed by atoms with E-state index in [0.717, 1.165) is 30.5 Å². The highest BCUT2D eigenvalue weighted by Crippen LogP contribution is 2.07. The van der Waals surface area contributed by atoms with Gasteiger partial charge in [-0.3, -0.25) is 0 Å².